The third-order valence-electron chi connectivity index (χ3n) is 9.08. The van der Waals surface area contributed by atoms with Crippen LogP contribution in [0.1, 0.15) is 106 Å². The summed E-state index contributed by atoms with van der Waals surface area (Å²) < 4.78 is 10.8. The third kappa shape index (κ3) is 19.0. The lowest BCUT2D eigenvalue weighted by atomic mass is 9.94. The molecule has 0 aliphatic carbocycles. The lowest BCUT2D eigenvalue weighted by Gasteiger charge is -2.30. The number of carbonyl (C=O) groups is 7. The van der Waals surface area contributed by atoms with Crippen molar-refractivity contribution in [2.45, 2.75) is 143 Å². The van der Waals surface area contributed by atoms with Crippen LogP contribution in [0, 0.1) is 17.8 Å². The van der Waals surface area contributed by atoms with Gasteiger partial charge in [0.2, 0.25) is 29.5 Å². The minimum absolute atomic E-state index is 0.00650. The zero-order valence-corrected chi connectivity index (χ0v) is 35.6. The Kier molecular flexibility index (Phi) is 22.2. The second-order valence-electron chi connectivity index (χ2n) is 15.6. The average Bonchev–Trinajstić information content (AvgIpc) is 3.13. The second kappa shape index (κ2) is 25.0. The molecule has 15 nitrogen and oxygen atoms in total. The molecule has 0 heterocycles. The maximum atomic E-state index is 14.0. The van der Waals surface area contributed by atoms with E-state index in [1.165, 1.54) is 11.8 Å². The highest BCUT2D eigenvalue weighted by atomic mass is 32.2. The highest BCUT2D eigenvalue weighted by molar-refractivity contribution is 7.98. The molecular weight excluding hydrogens is 741 g/mol. The van der Waals surface area contributed by atoms with Gasteiger partial charge in [0, 0.05) is 6.42 Å². The fourth-order valence-corrected chi connectivity index (χ4v) is 5.94. The van der Waals surface area contributed by atoms with Crippen molar-refractivity contribution in [3.63, 3.8) is 0 Å². The molecular formula is C40H66N6O9S. The van der Waals surface area contributed by atoms with Crippen LogP contribution in [-0.4, -0.2) is 89.4 Å². The molecule has 0 bridgehead atoms. The summed E-state index contributed by atoms with van der Waals surface area (Å²) in [5.41, 5.74) is 5.56. The number of primary amides is 1. The van der Waals surface area contributed by atoms with Crippen LogP contribution in [0.25, 0.3) is 0 Å². The van der Waals surface area contributed by atoms with E-state index < -0.39 is 83.3 Å². The molecule has 0 fully saturated rings. The second-order valence-corrected chi connectivity index (χ2v) is 16.5. The molecule has 0 unspecified atom stereocenters. The van der Waals surface area contributed by atoms with Crippen LogP contribution >= 0.6 is 11.8 Å². The van der Waals surface area contributed by atoms with Crippen molar-refractivity contribution in [1.29, 1.82) is 0 Å². The fraction of sp³-hybridized carbons (Fsp3) is 0.675. The molecule has 0 aliphatic rings. The van der Waals surface area contributed by atoms with E-state index in [-0.39, 0.29) is 44.1 Å². The van der Waals surface area contributed by atoms with Crippen molar-refractivity contribution in [1.82, 2.24) is 26.6 Å². The number of nitrogens with two attached hydrogens (primary N) is 1. The molecule has 0 radical (unpaired) electrons. The van der Waals surface area contributed by atoms with Crippen LogP contribution in [0.5, 0.6) is 0 Å². The van der Waals surface area contributed by atoms with Gasteiger partial charge >= 0.3 is 12.1 Å². The summed E-state index contributed by atoms with van der Waals surface area (Å²) in [6.07, 6.45) is 2.06. The molecule has 56 heavy (non-hydrogen) atoms. The fourth-order valence-electron chi connectivity index (χ4n) is 5.47. The Morgan fingerprint density at radius 1 is 0.714 bits per heavy atom. The molecule has 0 spiro atoms. The minimum Gasteiger partial charge on any atom is -0.461 e. The van der Waals surface area contributed by atoms with Crippen molar-refractivity contribution >= 4 is 53.4 Å². The first-order valence-electron chi connectivity index (χ1n) is 19.4. The lowest BCUT2D eigenvalue weighted by molar-refractivity contribution is -0.145. The van der Waals surface area contributed by atoms with Crippen LogP contribution in [-0.2, 0) is 44.8 Å². The van der Waals surface area contributed by atoms with Gasteiger partial charge in [0.15, 0.2) is 0 Å². The van der Waals surface area contributed by atoms with Crippen LogP contribution < -0.4 is 32.3 Å². The molecule has 7 N–H and O–H groups in total. The molecule has 0 saturated heterocycles. The summed E-state index contributed by atoms with van der Waals surface area (Å²) in [6.45, 7) is 16.1. The summed E-state index contributed by atoms with van der Waals surface area (Å²) in [5, 5.41) is 13.5. The Balaban J connectivity index is 3.40. The van der Waals surface area contributed by atoms with E-state index in [0.717, 1.165) is 5.56 Å². The molecule has 316 valence electrons. The number of hydrogen-bond donors (Lipinski definition) is 6. The molecule has 0 aromatic heterocycles. The lowest BCUT2D eigenvalue weighted by Crippen LogP contribution is -2.60. The van der Waals surface area contributed by atoms with Gasteiger partial charge in [-0.1, -0.05) is 84.7 Å². The van der Waals surface area contributed by atoms with Gasteiger partial charge in [-0.2, -0.15) is 11.8 Å². The Labute approximate surface area is 336 Å². The first kappa shape index (κ1) is 49.7. The van der Waals surface area contributed by atoms with E-state index in [1.807, 2.05) is 52.1 Å². The van der Waals surface area contributed by atoms with Crippen molar-refractivity contribution in [3.05, 3.63) is 35.9 Å². The van der Waals surface area contributed by atoms with E-state index in [0.29, 0.717) is 18.6 Å². The largest absolute Gasteiger partial charge is 0.461 e. The Morgan fingerprint density at radius 3 is 1.75 bits per heavy atom. The van der Waals surface area contributed by atoms with Gasteiger partial charge < -0.3 is 41.8 Å². The van der Waals surface area contributed by atoms with Crippen molar-refractivity contribution < 1.29 is 43.0 Å². The SMILES string of the molecule is CC[C@@H](C)[C@@H](NC(=O)[C@H](CCC(=O)OCc1ccccc1)NC(=O)[C@H](CCSC)NC(=O)[C@H](CC(C)C)NC(=O)OC(C)(C)C)C(=O)N[C@H](C(N)=O)[C@@H](C)CC. The molecule has 6 amide bonds. The first-order chi connectivity index (χ1) is 26.2. The summed E-state index contributed by atoms with van der Waals surface area (Å²) in [5.74, 6) is -4.25. The quantitative estimate of drug-likeness (QED) is 0.0831. The van der Waals surface area contributed by atoms with Gasteiger partial charge in [0.1, 0.15) is 42.4 Å². The van der Waals surface area contributed by atoms with Gasteiger partial charge in [0.05, 0.1) is 0 Å². The number of nitrogens with one attached hydrogen (secondary N) is 5. The molecule has 1 aromatic rings. The van der Waals surface area contributed by atoms with Gasteiger partial charge in [-0.3, -0.25) is 28.8 Å². The maximum Gasteiger partial charge on any atom is 0.408 e. The van der Waals surface area contributed by atoms with E-state index in [9.17, 15) is 33.6 Å². The molecule has 1 rings (SSSR count). The Morgan fingerprint density at radius 2 is 1.23 bits per heavy atom. The van der Waals surface area contributed by atoms with Gasteiger partial charge in [-0.15, -0.1) is 0 Å². The number of amides is 6. The molecule has 7 atom stereocenters. The predicted octanol–water partition coefficient (Wildman–Crippen LogP) is 3.72. The van der Waals surface area contributed by atoms with Crippen LogP contribution in [0.15, 0.2) is 30.3 Å². The smallest absolute Gasteiger partial charge is 0.408 e. The standard InChI is InChI=1S/C40H66N6O9S/c1-11-25(5)32(34(41)48)45-38(52)33(26(6)12-2)46-36(50)28(18-19-31(47)54-23-27-16-14-13-15-17-27)42-35(49)29(20-21-56-10)43-37(51)30(22-24(3)4)44-39(53)55-40(7,8)9/h13-17,24-26,28-30,32-33H,11-12,18-23H2,1-10H3,(H2,41,48)(H,42,49)(H,43,51)(H,44,53)(H,45,52)(H,46,50)/t25-,26+,28-,29-,30-,32-,33+/m0/s1. The monoisotopic (exact) mass is 806 g/mol. The van der Waals surface area contributed by atoms with Gasteiger partial charge in [-0.25, -0.2) is 4.79 Å². The average molecular weight is 807 g/mol. The molecule has 16 heteroatoms. The topological polar surface area (TPSA) is 224 Å². The number of benzene rings is 1. The Hall–Kier alpha value is -4.34. The van der Waals surface area contributed by atoms with E-state index in [1.54, 1.807) is 46.8 Å². The van der Waals surface area contributed by atoms with Crippen molar-refractivity contribution in [2.75, 3.05) is 12.0 Å². The number of carbonyl (C=O) groups excluding carboxylic acids is 7. The highest BCUT2D eigenvalue weighted by Crippen LogP contribution is 2.15. The highest BCUT2D eigenvalue weighted by Gasteiger charge is 2.35. The summed E-state index contributed by atoms with van der Waals surface area (Å²) in [4.78, 5) is 93.0. The van der Waals surface area contributed by atoms with Crippen LogP contribution in [0.3, 0.4) is 0 Å². The Bertz CT molecular complexity index is 1440. The number of esters is 1. The zero-order valence-electron chi connectivity index (χ0n) is 34.8. The van der Waals surface area contributed by atoms with E-state index in [2.05, 4.69) is 26.6 Å². The normalized spacial score (nSPS) is 15.1. The number of ether oxygens (including phenoxy) is 2. The number of rotatable bonds is 24. The number of thioether (sulfide) groups is 1. The zero-order chi connectivity index (χ0) is 42.6. The summed E-state index contributed by atoms with van der Waals surface area (Å²) in [6, 6.07) is 3.45. The maximum absolute atomic E-state index is 14.0. The van der Waals surface area contributed by atoms with Crippen LogP contribution in [0.2, 0.25) is 0 Å². The molecule has 1 aromatic carbocycles. The van der Waals surface area contributed by atoms with Crippen LogP contribution in [0.4, 0.5) is 4.79 Å². The molecule has 0 saturated carbocycles. The van der Waals surface area contributed by atoms with Crippen molar-refractivity contribution in [3.8, 4) is 0 Å². The summed E-state index contributed by atoms with van der Waals surface area (Å²) in [7, 11) is 0. The summed E-state index contributed by atoms with van der Waals surface area (Å²) >= 11 is 1.44. The predicted molar refractivity (Wildman–Crippen MR) is 217 cm³/mol. The molecule has 0 aliphatic heterocycles. The number of hydrogen-bond acceptors (Lipinski definition) is 10. The van der Waals surface area contributed by atoms with E-state index >= 15 is 0 Å². The minimum atomic E-state index is -1.34. The number of alkyl carbamates (subject to hydrolysis) is 1. The third-order valence-corrected chi connectivity index (χ3v) is 9.73. The van der Waals surface area contributed by atoms with Crippen molar-refractivity contribution in [2.24, 2.45) is 23.5 Å². The van der Waals surface area contributed by atoms with Gasteiger partial charge in [-0.05, 0) is 75.4 Å². The first-order valence-corrected chi connectivity index (χ1v) is 20.8. The van der Waals surface area contributed by atoms with E-state index in [4.69, 9.17) is 15.2 Å². The van der Waals surface area contributed by atoms with Gasteiger partial charge in [0.25, 0.3) is 0 Å².